The molecule has 1 fully saturated rings. The number of methoxy groups -OCH3 is 2. The van der Waals surface area contributed by atoms with Crippen LogP contribution in [0.1, 0.15) is 29.7 Å². The molecule has 0 saturated carbocycles. The topological polar surface area (TPSA) is 76.1 Å². The van der Waals surface area contributed by atoms with Gasteiger partial charge in [-0.15, -0.1) is 0 Å². The van der Waals surface area contributed by atoms with Gasteiger partial charge in [-0.1, -0.05) is 30.3 Å². The number of hydrogen-bond donors (Lipinski definition) is 0. The Balaban J connectivity index is 2.03. The van der Waals surface area contributed by atoms with Crippen LogP contribution in [0.3, 0.4) is 0 Å². The number of carbonyl (C=O) groups excluding carboxylic acids is 3. The molecule has 2 aliphatic heterocycles. The number of imide groups is 1. The van der Waals surface area contributed by atoms with E-state index >= 15 is 0 Å². The van der Waals surface area contributed by atoms with E-state index in [-0.39, 0.29) is 18.1 Å². The summed E-state index contributed by atoms with van der Waals surface area (Å²) >= 11 is 0. The van der Waals surface area contributed by atoms with Gasteiger partial charge in [0.1, 0.15) is 23.7 Å². The van der Waals surface area contributed by atoms with Gasteiger partial charge in [0, 0.05) is 18.1 Å². The predicted octanol–water partition coefficient (Wildman–Crippen LogP) is 2.37. The Morgan fingerprint density at radius 3 is 2.28 bits per heavy atom. The minimum Gasteiger partial charge on any atom is -0.496 e. The number of nitrogens with zero attached hydrogens (tertiary/aromatic N) is 2. The van der Waals surface area contributed by atoms with E-state index in [0.29, 0.717) is 17.1 Å². The Kier molecular flexibility index (Phi) is 4.58. The molecule has 1 atom stereocenters. The van der Waals surface area contributed by atoms with E-state index < -0.39 is 17.9 Å². The molecule has 4 rings (SSSR count). The van der Waals surface area contributed by atoms with Crippen molar-refractivity contribution < 1.29 is 23.9 Å². The second-order valence-electron chi connectivity index (χ2n) is 6.81. The van der Waals surface area contributed by atoms with Crippen LogP contribution in [0.5, 0.6) is 11.5 Å². The maximum atomic E-state index is 13.1. The van der Waals surface area contributed by atoms with Gasteiger partial charge in [0.15, 0.2) is 0 Å². The van der Waals surface area contributed by atoms with Crippen molar-refractivity contribution in [1.82, 2.24) is 9.80 Å². The molecule has 1 saturated heterocycles. The lowest BCUT2D eigenvalue weighted by atomic mass is 9.86. The maximum Gasteiger partial charge on any atom is 0.277 e. The van der Waals surface area contributed by atoms with Crippen molar-refractivity contribution in [2.75, 3.05) is 20.8 Å². The highest BCUT2D eigenvalue weighted by Gasteiger charge is 2.45. The summed E-state index contributed by atoms with van der Waals surface area (Å²) in [6.45, 7) is 0.979. The maximum absolute atomic E-state index is 13.1. The summed E-state index contributed by atoms with van der Waals surface area (Å²) in [6.07, 6.45) is 1.60. The number of amides is 3. The summed E-state index contributed by atoms with van der Waals surface area (Å²) in [5.74, 6) is -0.180. The normalized spacial score (nSPS) is 18.0. The van der Waals surface area contributed by atoms with Gasteiger partial charge < -0.3 is 9.47 Å². The van der Waals surface area contributed by atoms with Crippen LogP contribution < -0.4 is 9.47 Å². The first-order valence-electron chi connectivity index (χ1n) is 9.14. The molecule has 2 aromatic rings. The molecule has 0 unspecified atom stereocenters. The third-order valence-electron chi connectivity index (χ3n) is 5.24. The van der Waals surface area contributed by atoms with Gasteiger partial charge in [-0.3, -0.25) is 24.2 Å². The Hall–Kier alpha value is -3.61. The fourth-order valence-electron chi connectivity index (χ4n) is 3.93. The average molecular weight is 392 g/mol. The first-order valence-corrected chi connectivity index (χ1v) is 9.14. The fraction of sp³-hybridized carbons (Fsp3) is 0.227. The molecule has 29 heavy (non-hydrogen) atoms. The molecule has 0 aliphatic carbocycles. The lowest BCUT2D eigenvalue weighted by Gasteiger charge is -2.42. The van der Waals surface area contributed by atoms with Gasteiger partial charge in [-0.25, -0.2) is 0 Å². The summed E-state index contributed by atoms with van der Waals surface area (Å²) < 4.78 is 11.1. The summed E-state index contributed by atoms with van der Waals surface area (Å²) in [6, 6.07) is 12.4. The molecule has 0 radical (unpaired) electrons. The Bertz CT molecular complexity index is 1040. The summed E-state index contributed by atoms with van der Waals surface area (Å²) in [4.78, 5) is 40.5. The molecule has 3 amide bonds. The smallest absolute Gasteiger partial charge is 0.277 e. The third kappa shape index (κ3) is 2.86. The summed E-state index contributed by atoms with van der Waals surface area (Å²) in [7, 11) is 3.10. The minimum atomic E-state index is -0.582. The van der Waals surface area contributed by atoms with E-state index in [0.717, 1.165) is 16.0 Å². The largest absolute Gasteiger partial charge is 0.496 e. The molecular weight excluding hydrogens is 372 g/mol. The standard InChI is InChI=1S/C22H20N2O5/c1-13(25)23-12-19(26)24-16(22(23)27)11-15-17(28-2)9-10-18(29-3)20(15)21(24)14-7-5-4-6-8-14/h4-11,21H,12H2,1-3H3/t21-/m0/s1. The van der Waals surface area contributed by atoms with Crippen molar-refractivity contribution in [3.05, 3.63) is 64.9 Å². The number of carbonyl (C=O) groups is 3. The van der Waals surface area contributed by atoms with Gasteiger partial charge >= 0.3 is 0 Å². The zero-order valence-corrected chi connectivity index (χ0v) is 16.3. The number of rotatable bonds is 3. The average Bonchev–Trinajstić information content (AvgIpc) is 2.74. The Labute approximate surface area is 168 Å². The van der Waals surface area contributed by atoms with E-state index in [1.165, 1.54) is 11.8 Å². The molecule has 7 nitrogen and oxygen atoms in total. The van der Waals surface area contributed by atoms with Gasteiger partial charge in [0.25, 0.3) is 5.91 Å². The van der Waals surface area contributed by atoms with Crippen LogP contribution in [0.2, 0.25) is 0 Å². The van der Waals surface area contributed by atoms with E-state index in [1.54, 1.807) is 32.4 Å². The van der Waals surface area contributed by atoms with Gasteiger partial charge in [0.2, 0.25) is 11.8 Å². The van der Waals surface area contributed by atoms with Crippen molar-refractivity contribution >= 4 is 23.8 Å². The molecule has 0 spiro atoms. The molecule has 0 N–H and O–H groups in total. The minimum absolute atomic E-state index is 0.143. The van der Waals surface area contributed by atoms with Crippen LogP contribution in [0.15, 0.2) is 48.2 Å². The molecule has 2 heterocycles. The molecular formula is C22H20N2O5. The van der Waals surface area contributed by atoms with E-state index in [1.807, 2.05) is 30.3 Å². The van der Waals surface area contributed by atoms with Crippen molar-refractivity contribution in [2.24, 2.45) is 0 Å². The van der Waals surface area contributed by atoms with Crippen LogP contribution >= 0.6 is 0 Å². The molecule has 148 valence electrons. The zero-order chi connectivity index (χ0) is 20.7. The number of ether oxygens (including phenoxy) is 2. The van der Waals surface area contributed by atoms with Crippen LogP contribution in [0.25, 0.3) is 6.08 Å². The van der Waals surface area contributed by atoms with E-state index in [4.69, 9.17) is 9.47 Å². The van der Waals surface area contributed by atoms with Crippen molar-refractivity contribution in [1.29, 1.82) is 0 Å². The Morgan fingerprint density at radius 1 is 1.00 bits per heavy atom. The molecule has 2 aliphatic rings. The molecule has 0 aromatic heterocycles. The number of hydrogen-bond acceptors (Lipinski definition) is 5. The molecule has 7 heteroatoms. The van der Waals surface area contributed by atoms with Crippen LogP contribution in [-0.2, 0) is 14.4 Å². The lowest BCUT2D eigenvalue weighted by molar-refractivity contribution is -0.153. The zero-order valence-electron chi connectivity index (χ0n) is 16.3. The van der Waals surface area contributed by atoms with Crippen molar-refractivity contribution in [3.63, 3.8) is 0 Å². The molecule has 0 bridgehead atoms. The predicted molar refractivity (Wildman–Crippen MR) is 105 cm³/mol. The van der Waals surface area contributed by atoms with Crippen LogP contribution in [0.4, 0.5) is 0 Å². The SMILES string of the molecule is COc1ccc(OC)c2c1C=C1C(=O)N(C(C)=O)CC(=O)N1[C@H]2c1ccccc1. The van der Waals surface area contributed by atoms with E-state index in [2.05, 4.69) is 0 Å². The van der Waals surface area contributed by atoms with Crippen molar-refractivity contribution in [3.8, 4) is 11.5 Å². The number of benzene rings is 2. The highest BCUT2D eigenvalue weighted by molar-refractivity contribution is 6.13. The second-order valence-corrected chi connectivity index (χ2v) is 6.81. The van der Waals surface area contributed by atoms with Crippen LogP contribution in [-0.4, -0.2) is 48.3 Å². The Morgan fingerprint density at radius 2 is 1.66 bits per heavy atom. The monoisotopic (exact) mass is 392 g/mol. The van der Waals surface area contributed by atoms with Crippen molar-refractivity contribution in [2.45, 2.75) is 13.0 Å². The highest BCUT2D eigenvalue weighted by atomic mass is 16.5. The van der Waals surface area contributed by atoms with Gasteiger partial charge in [-0.2, -0.15) is 0 Å². The first-order chi connectivity index (χ1) is 14.0. The third-order valence-corrected chi connectivity index (χ3v) is 5.24. The van der Waals surface area contributed by atoms with Crippen LogP contribution in [0, 0.1) is 0 Å². The molecule has 2 aromatic carbocycles. The number of fused-ring (bicyclic) bond motifs is 2. The van der Waals surface area contributed by atoms with Gasteiger partial charge in [0.05, 0.1) is 20.3 Å². The summed E-state index contributed by atoms with van der Waals surface area (Å²) in [5.41, 5.74) is 2.35. The fourth-order valence-corrected chi connectivity index (χ4v) is 3.93. The first kappa shape index (κ1) is 18.7. The summed E-state index contributed by atoms with van der Waals surface area (Å²) in [5, 5.41) is 0. The quantitative estimate of drug-likeness (QED) is 0.802. The second kappa shape index (κ2) is 7.09. The lowest BCUT2D eigenvalue weighted by Crippen LogP contribution is -2.55. The van der Waals surface area contributed by atoms with Gasteiger partial charge in [-0.05, 0) is 23.8 Å². The van der Waals surface area contributed by atoms with E-state index in [9.17, 15) is 14.4 Å². The number of piperazine rings is 1. The highest BCUT2D eigenvalue weighted by Crippen LogP contribution is 2.47.